The summed E-state index contributed by atoms with van der Waals surface area (Å²) in [6.07, 6.45) is 1.07. The zero-order valence-corrected chi connectivity index (χ0v) is 13.6. The number of rotatable bonds is 2. The largest absolute Gasteiger partial charge is 0.378 e. The number of nitrogens with one attached hydrogen (secondary N) is 2. The SMILES string of the molecule is O=C(NC1CCCN(c2ccc(F)cc2F)C1=O)N1CCOCCN1. The Balaban J connectivity index is 1.68. The van der Waals surface area contributed by atoms with E-state index in [1.807, 2.05) is 0 Å². The number of nitrogens with zero attached hydrogens (tertiary/aromatic N) is 2. The number of amides is 3. The molecule has 1 unspecified atom stereocenters. The molecule has 0 aromatic heterocycles. The third-order valence-corrected chi connectivity index (χ3v) is 4.19. The number of piperidine rings is 1. The van der Waals surface area contributed by atoms with E-state index in [1.54, 1.807) is 0 Å². The zero-order valence-electron chi connectivity index (χ0n) is 13.6. The van der Waals surface area contributed by atoms with Crippen LogP contribution in [0, 0.1) is 11.6 Å². The smallest absolute Gasteiger partial charge is 0.332 e. The second kappa shape index (κ2) is 7.75. The van der Waals surface area contributed by atoms with Crippen LogP contribution >= 0.6 is 0 Å². The number of benzene rings is 1. The van der Waals surface area contributed by atoms with Gasteiger partial charge < -0.3 is 15.0 Å². The van der Waals surface area contributed by atoms with Crippen molar-refractivity contribution in [2.24, 2.45) is 0 Å². The van der Waals surface area contributed by atoms with Crippen molar-refractivity contribution in [1.29, 1.82) is 0 Å². The first-order valence-corrected chi connectivity index (χ1v) is 8.22. The highest BCUT2D eigenvalue weighted by atomic mass is 19.1. The first kappa shape index (κ1) is 17.6. The molecule has 1 atom stereocenters. The Kier molecular flexibility index (Phi) is 5.44. The van der Waals surface area contributed by atoms with Crippen LogP contribution in [-0.4, -0.2) is 55.8 Å². The molecule has 0 aliphatic carbocycles. The number of urea groups is 1. The predicted molar refractivity (Wildman–Crippen MR) is 85.8 cm³/mol. The van der Waals surface area contributed by atoms with Gasteiger partial charge in [0.05, 0.1) is 25.4 Å². The van der Waals surface area contributed by atoms with Crippen molar-refractivity contribution < 1.29 is 23.1 Å². The van der Waals surface area contributed by atoms with Crippen molar-refractivity contribution >= 4 is 17.6 Å². The molecule has 2 N–H and O–H groups in total. The lowest BCUT2D eigenvalue weighted by Crippen LogP contribution is -2.57. The molecular weight excluding hydrogens is 334 g/mol. The molecule has 1 aromatic rings. The summed E-state index contributed by atoms with van der Waals surface area (Å²) >= 11 is 0. The molecule has 25 heavy (non-hydrogen) atoms. The highest BCUT2D eigenvalue weighted by Gasteiger charge is 2.33. The molecule has 0 bridgehead atoms. The number of ether oxygens (including phenoxy) is 1. The number of hydrazine groups is 1. The van der Waals surface area contributed by atoms with Crippen LogP contribution in [0.3, 0.4) is 0 Å². The minimum Gasteiger partial charge on any atom is -0.378 e. The van der Waals surface area contributed by atoms with E-state index in [0.717, 1.165) is 12.1 Å². The van der Waals surface area contributed by atoms with E-state index in [4.69, 9.17) is 4.74 Å². The van der Waals surface area contributed by atoms with Gasteiger partial charge in [0, 0.05) is 19.2 Å². The fourth-order valence-corrected chi connectivity index (χ4v) is 2.94. The predicted octanol–water partition coefficient (Wildman–Crippen LogP) is 1.01. The Hall–Kier alpha value is -2.26. The van der Waals surface area contributed by atoms with Gasteiger partial charge in [-0.3, -0.25) is 9.80 Å². The summed E-state index contributed by atoms with van der Waals surface area (Å²) in [5.41, 5.74) is 2.93. The maximum absolute atomic E-state index is 14.0. The Morgan fingerprint density at radius 3 is 2.92 bits per heavy atom. The average Bonchev–Trinajstić information content (AvgIpc) is 2.87. The highest BCUT2D eigenvalue weighted by molar-refractivity contribution is 5.99. The molecule has 2 saturated heterocycles. The van der Waals surface area contributed by atoms with Crippen molar-refractivity contribution in [2.75, 3.05) is 37.7 Å². The van der Waals surface area contributed by atoms with Gasteiger partial charge in [0.25, 0.3) is 0 Å². The molecule has 0 radical (unpaired) electrons. The second-order valence-corrected chi connectivity index (χ2v) is 5.90. The molecular formula is C16H20F2N4O3. The Morgan fingerprint density at radius 2 is 2.12 bits per heavy atom. The van der Waals surface area contributed by atoms with Crippen LogP contribution in [0.4, 0.5) is 19.3 Å². The number of hydrogen-bond donors (Lipinski definition) is 2. The molecule has 3 rings (SSSR count). The van der Waals surface area contributed by atoms with Gasteiger partial charge in [-0.25, -0.2) is 19.0 Å². The van der Waals surface area contributed by atoms with E-state index in [1.165, 1.54) is 16.0 Å². The number of halogens is 2. The van der Waals surface area contributed by atoms with Gasteiger partial charge in [0.1, 0.15) is 17.7 Å². The summed E-state index contributed by atoms with van der Waals surface area (Å²) < 4.78 is 32.3. The molecule has 0 saturated carbocycles. The summed E-state index contributed by atoms with van der Waals surface area (Å²) in [4.78, 5) is 26.2. The lowest BCUT2D eigenvalue weighted by Gasteiger charge is -2.34. The molecule has 3 amide bonds. The minimum absolute atomic E-state index is 0.0200. The fraction of sp³-hybridized carbons (Fsp3) is 0.500. The summed E-state index contributed by atoms with van der Waals surface area (Å²) in [6, 6.07) is 1.91. The molecule has 0 spiro atoms. The first-order chi connectivity index (χ1) is 12.1. The molecule has 7 nitrogen and oxygen atoms in total. The van der Waals surface area contributed by atoms with Gasteiger partial charge in [-0.1, -0.05) is 0 Å². The van der Waals surface area contributed by atoms with E-state index in [2.05, 4.69) is 10.7 Å². The molecule has 2 fully saturated rings. The number of anilines is 1. The van der Waals surface area contributed by atoms with Crippen LogP contribution in [-0.2, 0) is 9.53 Å². The van der Waals surface area contributed by atoms with Crippen LogP contribution < -0.4 is 15.6 Å². The Labute approximate surface area is 143 Å². The zero-order chi connectivity index (χ0) is 17.8. The van der Waals surface area contributed by atoms with E-state index >= 15 is 0 Å². The van der Waals surface area contributed by atoms with Crippen molar-refractivity contribution in [2.45, 2.75) is 18.9 Å². The van der Waals surface area contributed by atoms with Gasteiger partial charge in [0.15, 0.2) is 0 Å². The Morgan fingerprint density at radius 1 is 1.28 bits per heavy atom. The van der Waals surface area contributed by atoms with Gasteiger partial charge in [-0.15, -0.1) is 0 Å². The Bertz CT molecular complexity index is 650. The van der Waals surface area contributed by atoms with Gasteiger partial charge in [0.2, 0.25) is 5.91 Å². The van der Waals surface area contributed by atoms with Crippen LogP contribution in [0.15, 0.2) is 18.2 Å². The molecule has 136 valence electrons. The fourth-order valence-electron chi connectivity index (χ4n) is 2.94. The summed E-state index contributed by atoms with van der Waals surface area (Å²) in [5.74, 6) is -1.91. The highest BCUT2D eigenvalue weighted by Crippen LogP contribution is 2.24. The van der Waals surface area contributed by atoms with Crippen LogP contribution in [0.1, 0.15) is 12.8 Å². The van der Waals surface area contributed by atoms with E-state index in [-0.39, 0.29) is 5.69 Å². The normalized spacial score (nSPS) is 21.8. The third-order valence-electron chi connectivity index (χ3n) is 4.19. The quantitative estimate of drug-likeness (QED) is 0.831. The van der Waals surface area contributed by atoms with Gasteiger partial charge >= 0.3 is 6.03 Å². The monoisotopic (exact) mass is 354 g/mol. The first-order valence-electron chi connectivity index (χ1n) is 8.22. The van der Waals surface area contributed by atoms with Crippen molar-refractivity contribution in [3.8, 4) is 0 Å². The maximum Gasteiger partial charge on any atom is 0.332 e. The van der Waals surface area contributed by atoms with Crippen LogP contribution in [0.5, 0.6) is 0 Å². The van der Waals surface area contributed by atoms with Crippen molar-refractivity contribution in [3.05, 3.63) is 29.8 Å². The number of carbonyl (C=O) groups is 2. The summed E-state index contributed by atoms with van der Waals surface area (Å²) in [5, 5.41) is 4.05. The van der Waals surface area contributed by atoms with Crippen molar-refractivity contribution in [3.63, 3.8) is 0 Å². The van der Waals surface area contributed by atoms with Gasteiger partial charge in [-0.2, -0.15) is 0 Å². The van der Waals surface area contributed by atoms with Crippen molar-refractivity contribution in [1.82, 2.24) is 15.8 Å². The third kappa shape index (κ3) is 4.05. The molecule has 2 aliphatic rings. The van der Waals surface area contributed by atoms with Gasteiger partial charge in [-0.05, 0) is 25.0 Å². The topological polar surface area (TPSA) is 73.9 Å². The summed E-state index contributed by atoms with van der Waals surface area (Å²) in [6.45, 7) is 2.10. The summed E-state index contributed by atoms with van der Waals surface area (Å²) in [7, 11) is 0. The molecule has 2 heterocycles. The minimum atomic E-state index is -0.799. The number of carbonyl (C=O) groups excluding carboxylic acids is 2. The average molecular weight is 354 g/mol. The lowest BCUT2D eigenvalue weighted by atomic mass is 10.0. The van der Waals surface area contributed by atoms with E-state index in [0.29, 0.717) is 45.7 Å². The van der Waals surface area contributed by atoms with E-state index in [9.17, 15) is 18.4 Å². The second-order valence-electron chi connectivity index (χ2n) is 5.90. The molecule has 1 aromatic carbocycles. The molecule has 9 heteroatoms. The van der Waals surface area contributed by atoms with Crippen LogP contribution in [0.2, 0.25) is 0 Å². The van der Waals surface area contributed by atoms with Crippen LogP contribution in [0.25, 0.3) is 0 Å². The number of hydrogen-bond acceptors (Lipinski definition) is 4. The van der Waals surface area contributed by atoms with E-state index < -0.39 is 29.6 Å². The molecule has 2 aliphatic heterocycles. The maximum atomic E-state index is 14.0. The standard InChI is InChI=1S/C16H20F2N4O3/c17-11-3-4-14(12(18)10-11)21-6-1-2-13(15(21)23)20-16(24)22-7-9-25-8-5-19-22/h3-4,10,13,19H,1-2,5-9H2,(H,20,24). The lowest BCUT2D eigenvalue weighted by molar-refractivity contribution is -0.121.